The summed E-state index contributed by atoms with van der Waals surface area (Å²) in [6.07, 6.45) is 7.76. The summed E-state index contributed by atoms with van der Waals surface area (Å²) < 4.78 is 0. The van der Waals surface area contributed by atoms with Gasteiger partial charge in [-0.3, -0.25) is 4.79 Å². The predicted molar refractivity (Wildman–Crippen MR) is 71.0 cm³/mol. The molecule has 0 bridgehead atoms. The molecule has 0 saturated carbocycles. The number of halogens is 1. The largest absolute Gasteiger partial charge is 0.352 e. The molecule has 0 fully saturated rings. The maximum absolute atomic E-state index is 11.7. The average Bonchev–Trinajstić information content (AvgIpc) is 2.38. The summed E-state index contributed by atoms with van der Waals surface area (Å²) in [6, 6.07) is 7.30. The Bertz CT molecular complexity index is 392. The van der Waals surface area contributed by atoms with Gasteiger partial charge < -0.3 is 5.32 Å². The van der Waals surface area contributed by atoms with Crippen LogP contribution in [0.4, 0.5) is 0 Å². The molecule has 2 nitrogen and oxygen atoms in total. The topological polar surface area (TPSA) is 29.1 Å². The van der Waals surface area contributed by atoms with E-state index in [1.807, 2.05) is 12.1 Å². The van der Waals surface area contributed by atoms with Crippen molar-refractivity contribution in [1.29, 1.82) is 0 Å². The first-order chi connectivity index (χ1) is 8.27. The lowest BCUT2D eigenvalue weighted by Crippen LogP contribution is -2.24. The third kappa shape index (κ3) is 4.93. The van der Waals surface area contributed by atoms with E-state index < -0.39 is 0 Å². The molecule has 0 saturated heterocycles. The lowest BCUT2D eigenvalue weighted by atomic mass is 10.1. The summed E-state index contributed by atoms with van der Waals surface area (Å²) in [7, 11) is 0. The van der Waals surface area contributed by atoms with E-state index in [1.165, 1.54) is 0 Å². The van der Waals surface area contributed by atoms with Crippen LogP contribution >= 0.6 is 11.6 Å². The van der Waals surface area contributed by atoms with Crippen LogP contribution in [-0.4, -0.2) is 12.5 Å². The van der Waals surface area contributed by atoms with Gasteiger partial charge in [0.2, 0.25) is 0 Å². The fraction of sp³-hybridized carbons (Fsp3) is 0.357. The summed E-state index contributed by atoms with van der Waals surface area (Å²) in [5, 5.41) is 2.85. The number of nitrogens with one attached hydrogen (secondary N) is 1. The molecule has 1 aromatic carbocycles. The second kappa shape index (κ2) is 7.76. The molecular weight excluding hydrogens is 234 g/mol. The van der Waals surface area contributed by atoms with E-state index in [0.29, 0.717) is 18.0 Å². The van der Waals surface area contributed by atoms with Crippen LogP contribution in [0.25, 0.3) is 0 Å². The lowest BCUT2D eigenvalue weighted by Gasteiger charge is -2.05. The SMILES string of the molecule is C#CCCCCNC(=O)c1ccc(CCl)cc1. The van der Waals surface area contributed by atoms with Crippen LogP contribution in [0.3, 0.4) is 0 Å². The van der Waals surface area contributed by atoms with Gasteiger partial charge in [0, 0.05) is 24.4 Å². The fourth-order valence-corrected chi connectivity index (χ4v) is 1.58. The Hall–Kier alpha value is -1.46. The zero-order valence-electron chi connectivity index (χ0n) is 9.71. The number of alkyl halides is 1. The summed E-state index contributed by atoms with van der Waals surface area (Å²) in [5.74, 6) is 2.99. The zero-order chi connectivity index (χ0) is 12.5. The quantitative estimate of drug-likeness (QED) is 0.469. The molecule has 0 spiro atoms. The molecule has 0 aromatic heterocycles. The van der Waals surface area contributed by atoms with Crippen molar-refractivity contribution in [2.45, 2.75) is 25.1 Å². The van der Waals surface area contributed by atoms with Crippen molar-refractivity contribution in [2.24, 2.45) is 0 Å². The zero-order valence-corrected chi connectivity index (χ0v) is 10.5. The molecule has 17 heavy (non-hydrogen) atoms. The first-order valence-corrected chi connectivity index (χ1v) is 6.18. The fourth-order valence-electron chi connectivity index (χ4n) is 1.40. The number of hydrogen-bond donors (Lipinski definition) is 1. The summed E-state index contributed by atoms with van der Waals surface area (Å²) in [4.78, 5) is 11.7. The Kier molecular flexibility index (Phi) is 6.21. The molecule has 1 N–H and O–H groups in total. The number of rotatable bonds is 6. The summed E-state index contributed by atoms with van der Waals surface area (Å²) in [5.41, 5.74) is 1.67. The first kappa shape index (κ1) is 13.6. The summed E-state index contributed by atoms with van der Waals surface area (Å²) in [6.45, 7) is 0.664. The Morgan fingerprint density at radius 1 is 1.29 bits per heavy atom. The van der Waals surface area contributed by atoms with Crippen LogP contribution in [-0.2, 0) is 5.88 Å². The monoisotopic (exact) mass is 249 g/mol. The Labute approximate surface area is 107 Å². The van der Waals surface area contributed by atoms with Gasteiger partial charge >= 0.3 is 0 Å². The maximum Gasteiger partial charge on any atom is 0.251 e. The number of carbonyl (C=O) groups excluding carboxylic acids is 1. The van der Waals surface area contributed by atoms with Crippen LogP contribution in [0.2, 0.25) is 0 Å². The van der Waals surface area contributed by atoms with E-state index in [1.54, 1.807) is 12.1 Å². The number of benzene rings is 1. The highest BCUT2D eigenvalue weighted by Gasteiger charge is 2.03. The Morgan fingerprint density at radius 2 is 2.00 bits per heavy atom. The van der Waals surface area contributed by atoms with Gasteiger partial charge in [-0.25, -0.2) is 0 Å². The van der Waals surface area contributed by atoms with Crippen molar-refractivity contribution in [1.82, 2.24) is 5.32 Å². The van der Waals surface area contributed by atoms with Crippen molar-refractivity contribution < 1.29 is 4.79 Å². The second-order valence-corrected chi connectivity index (χ2v) is 4.01. The molecule has 0 aliphatic rings. The van der Waals surface area contributed by atoms with Crippen molar-refractivity contribution in [2.75, 3.05) is 6.54 Å². The maximum atomic E-state index is 11.7. The highest BCUT2D eigenvalue weighted by molar-refractivity contribution is 6.17. The van der Waals surface area contributed by atoms with Crippen LogP contribution in [0.15, 0.2) is 24.3 Å². The third-order valence-corrected chi connectivity index (χ3v) is 2.71. The highest BCUT2D eigenvalue weighted by atomic mass is 35.5. The van der Waals surface area contributed by atoms with Crippen molar-refractivity contribution >= 4 is 17.5 Å². The van der Waals surface area contributed by atoms with Crippen molar-refractivity contribution in [3.63, 3.8) is 0 Å². The molecular formula is C14H16ClNO. The van der Waals surface area contributed by atoms with E-state index in [0.717, 1.165) is 24.8 Å². The second-order valence-electron chi connectivity index (χ2n) is 3.75. The summed E-state index contributed by atoms with van der Waals surface area (Å²) >= 11 is 5.67. The standard InChI is InChI=1S/C14H16ClNO/c1-2-3-4-5-10-16-14(17)13-8-6-12(11-15)7-9-13/h1,6-9H,3-5,10-11H2,(H,16,17). The lowest BCUT2D eigenvalue weighted by molar-refractivity contribution is 0.0953. The van der Waals surface area contributed by atoms with E-state index in [-0.39, 0.29) is 5.91 Å². The molecule has 1 rings (SSSR count). The van der Waals surface area contributed by atoms with Gasteiger partial charge in [0.15, 0.2) is 0 Å². The third-order valence-electron chi connectivity index (χ3n) is 2.40. The number of carbonyl (C=O) groups is 1. The van der Waals surface area contributed by atoms with Gasteiger partial charge in [0.05, 0.1) is 0 Å². The van der Waals surface area contributed by atoms with Gasteiger partial charge in [-0.15, -0.1) is 23.9 Å². The molecule has 0 atom stereocenters. The van der Waals surface area contributed by atoms with Gasteiger partial charge in [0.1, 0.15) is 0 Å². The van der Waals surface area contributed by atoms with Gasteiger partial charge in [-0.1, -0.05) is 12.1 Å². The molecule has 0 aliphatic heterocycles. The van der Waals surface area contributed by atoms with Gasteiger partial charge in [-0.05, 0) is 30.5 Å². The van der Waals surface area contributed by atoms with Crippen molar-refractivity contribution in [3.05, 3.63) is 35.4 Å². The van der Waals surface area contributed by atoms with Gasteiger partial charge in [-0.2, -0.15) is 0 Å². The molecule has 1 aromatic rings. The minimum absolute atomic E-state index is 0.0492. The normalized spacial score (nSPS) is 9.65. The molecule has 0 heterocycles. The molecule has 0 radical (unpaired) electrons. The van der Waals surface area contributed by atoms with Crippen LogP contribution in [0.1, 0.15) is 35.2 Å². The number of amides is 1. The predicted octanol–water partition coefficient (Wildman–Crippen LogP) is 2.96. The number of hydrogen-bond acceptors (Lipinski definition) is 1. The first-order valence-electron chi connectivity index (χ1n) is 5.64. The van der Waals surface area contributed by atoms with Crippen LogP contribution < -0.4 is 5.32 Å². The number of terminal acetylenes is 1. The van der Waals surface area contributed by atoms with Crippen molar-refractivity contribution in [3.8, 4) is 12.3 Å². The highest BCUT2D eigenvalue weighted by Crippen LogP contribution is 2.06. The molecule has 0 unspecified atom stereocenters. The van der Waals surface area contributed by atoms with E-state index in [4.69, 9.17) is 18.0 Å². The minimum Gasteiger partial charge on any atom is -0.352 e. The number of unbranched alkanes of at least 4 members (excludes halogenated alkanes) is 2. The molecule has 0 aliphatic carbocycles. The Morgan fingerprint density at radius 3 is 2.59 bits per heavy atom. The van der Waals surface area contributed by atoms with Crippen LogP contribution in [0, 0.1) is 12.3 Å². The average molecular weight is 250 g/mol. The molecule has 90 valence electrons. The molecule has 3 heteroatoms. The Balaban J connectivity index is 2.34. The minimum atomic E-state index is -0.0492. The van der Waals surface area contributed by atoms with Gasteiger partial charge in [0.25, 0.3) is 5.91 Å². The van der Waals surface area contributed by atoms with Crippen LogP contribution in [0.5, 0.6) is 0 Å². The van der Waals surface area contributed by atoms with E-state index >= 15 is 0 Å². The smallest absolute Gasteiger partial charge is 0.251 e. The van der Waals surface area contributed by atoms with E-state index in [2.05, 4.69) is 11.2 Å². The molecule has 1 amide bonds. The van der Waals surface area contributed by atoms with E-state index in [9.17, 15) is 4.79 Å².